The predicted molar refractivity (Wildman–Crippen MR) is 165 cm³/mol. The monoisotopic (exact) mass is 709 g/mol. The number of hydrogen-bond acceptors (Lipinski definition) is 9. The Morgan fingerprint density at radius 1 is 1.07 bits per heavy atom. The minimum Gasteiger partial charge on any atom is -0.467 e. The minimum atomic E-state index is -4.26. The van der Waals surface area contributed by atoms with E-state index in [9.17, 15) is 27.6 Å². The summed E-state index contributed by atoms with van der Waals surface area (Å²) in [5.41, 5.74) is -2.15. The molecule has 3 amide bonds. The molecule has 0 aromatic heterocycles. The number of fused-ring (bicyclic) bond motifs is 1. The lowest BCUT2D eigenvalue weighted by Crippen LogP contribution is -2.59. The third-order valence-electron chi connectivity index (χ3n) is 9.26. The van der Waals surface area contributed by atoms with Crippen molar-refractivity contribution in [2.45, 2.75) is 87.6 Å². The molecule has 1 heterocycles. The van der Waals surface area contributed by atoms with Crippen LogP contribution in [0.3, 0.4) is 0 Å². The zero-order valence-corrected chi connectivity index (χ0v) is 28.2. The molecule has 4 aliphatic rings. The fourth-order valence-electron chi connectivity index (χ4n) is 6.56. The molecule has 2 N–H and O–H groups in total. The van der Waals surface area contributed by atoms with Crippen molar-refractivity contribution in [1.82, 2.24) is 15.5 Å². The lowest BCUT2D eigenvalue weighted by Gasteiger charge is -2.35. The molecule has 0 radical (unpaired) electrons. The molecule has 5 rings (SSSR count). The fraction of sp³-hybridized carbons (Fsp3) is 0.613. The number of amides is 3. The third-order valence-corrected chi connectivity index (χ3v) is 11.2. The molecule has 4 fully saturated rings. The van der Waals surface area contributed by atoms with Gasteiger partial charge in [0.05, 0.1) is 18.1 Å². The molecule has 1 unspecified atom stereocenters. The van der Waals surface area contributed by atoms with Gasteiger partial charge < -0.3 is 25.0 Å². The number of esters is 1. The van der Waals surface area contributed by atoms with Gasteiger partial charge in [-0.2, -0.15) is 8.42 Å². The first-order chi connectivity index (χ1) is 21.1. The number of nitrogens with one attached hydrogen (secondary N) is 2. The zero-order valence-electron chi connectivity index (χ0n) is 25.8. The lowest BCUT2D eigenvalue weighted by molar-refractivity contribution is -0.148. The Bertz CT molecular complexity index is 1470. The molecule has 3 aliphatic carbocycles. The van der Waals surface area contributed by atoms with Crippen LogP contribution in [-0.2, 0) is 38.2 Å². The van der Waals surface area contributed by atoms with Crippen LogP contribution in [0, 0.1) is 23.2 Å². The molecule has 12 nitrogen and oxygen atoms in total. The van der Waals surface area contributed by atoms with Crippen LogP contribution in [0.5, 0.6) is 0 Å². The summed E-state index contributed by atoms with van der Waals surface area (Å²) in [4.78, 5) is 54.8. The highest BCUT2D eigenvalue weighted by Gasteiger charge is 2.62. The molecule has 0 spiro atoms. The summed E-state index contributed by atoms with van der Waals surface area (Å²) >= 11 is 3.27. The number of methoxy groups -OCH3 is 1. The quantitative estimate of drug-likeness (QED) is 0.211. The number of benzene rings is 1. The summed E-state index contributed by atoms with van der Waals surface area (Å²) in [6.45, 7) is 8.77. The number of carbonyl (C=O) groups is 4. The Labute approximate surface area is 271 Å². The predicted octanol–water partition coefficient (Wildman–Crippen LogP) is 3.30. The highest BCUT2D eigenvalue weighted by Crippen LogP contribution is 2.52. The van der Waals surface area contributed by atoms with Crippen LogP contribution < -0.4 is 10.6 Å². The number of hydrogen-bond donors (Lipinski definition) is 2. The Morgan fingerprint density at radius 2 is 1.71 bits per heavy atom. The van der Waals surface area contributed by atoms with Gasteiger partial charge in [0.15, 0.2) is 0 Å². The number of rotatable bonds is 10. The van der Waals surface area contributed by atoms with Gasteiger partial charge in [0.1, 0.15) is 23.7 Å². The summed E-state index contributed by atoms with van der Waals surface area (Å²) in [5.74, 6) is -1.11. The number of halogens is 1. The molecule has 14 heteroatoms. The van der Waals surface area contributed by atoms with E-state index in [-0.39, 0.29) is 36.3 Å². The van der Waals surface area contributed by atoms with Crippen LogP contribution in [0.4, 0.5) is 4.79 Å². The van der Waals surface area contributed by atoms with Gasteiger partial charge in [-0.05, 0) is 67.2 Å². The summed E-state index contributed by atoms with van der Waals surface area (Å²) in [6, 6.07) is 3.55. The van der Waals surface area contributed by atoms with Crippen LogP contribution in [0.15, 0.2) is 46.3 Å². The maximum absolute atomic E-state index is 14.2. The first kappa shape index (κ1) is 33.4. The van der Waals surface area contributed by atoms with Gasteiger partial charge in [-0.1, -0.05) is 42.8 Å². The maximum atomic E-state index is 14.2. The smallest absolute Gasteiger partial charge is 0.408 e. The van der Waals surface area contributed by atoms with Crippen LogP contribution >= 0.6 is 15.9 Å². The van der Waals surface area contributed by atoms with E-state index < -0.39 is 63.1 Å². The first-order valence-corrected chi connectivity index (χ1v) is 17.3. The third kappa shape index (κ3) is 7.07. The summed E-state index contributed by atoms with van der Waals surface area (Å²) in [6.07, 6.45) is 2.40. The van der Waals surface area contributed by atoms with Crippen molar-refractivity contribution >= 4 is 49.9 Å². The Morgan fingerprint density at radius 3 is 2.27 bits per heavy atom. The van der Waals surface area contributed by atoms with Gasteiger partial charge in [-0.25, -0.2) is 9.59 Å². The van der Waals surface area contributed by atoms with Crippen LogP contribution in [0.25, 0.3) is 0 Å². The molecular weight excluding hydrogens is 670 g/mol. The standard InChI is InChI=1S/C31H40BrN3O9S/c1-6-19-15-31(19,28(38)42-5)34-26(36)24-14-22(44-45(40,41)23-9-7-20(32)8-10-23)16-35(24)27(37)25(30(2,3)4)33-29(39)43-21-12-17-11-18(17)13-21/h6-10,17-19,21-22,24-25H,1,11-16H2,2-5H3,(H,33,39)(H,34,36)/t17-,18+,19-,21+,22+,24+,25?,31-/m1/s1. The van der Waals surface area contributed by atoms with Gasteiger partial charge in [0, 0.05) is 23.4 Å². The average Bonchev–Trinajstić information content (AvgIpc) is 3.78. The molecule has 1 aromatic carbocycles. The summed E-state index contributed by atoms with van der Waals surface area (Å²) in [5, 5.41) is 5.45. The topological polar surface area (TPSA) is 157 Å². The Balaban J connectivity index is 1.37. The molecule has 3 saturated carbocycles. The van der Waals surface area contributed by atoms with E-state index in [2.05, 4.69) is 33.1 Å². The van der Waals surface area contributed by atoms with Crippen molar-refractivity contribution in [2.24, 2.45) is 23.2 Å². The van der Waals surface area contributed by atoms with Crippen molar-refractivity contribution in [3.8, 4) is 0 Å². The van der Waals surface area contributed by atoms with E-state index in [1.165, 1.54) is 24.1 Å². The SMILES string of the molecule is C=C[C@@H]1C[C@]1(NC(=O)[C@@H]1C[C@H](OS(=O)(=O)c2ccc(Br)cc2)CN1C(=O)C(NC(=O)O[C@@H]1C[C@@H]2C[C@@H]2C1)C(C)(C)C)C(=O)OC. The largest absolute Gasteiger partial charge is 0.467 e. The highest BCUT2D eigenvalue weighted by molar-refractivity contribution is 9.10. The van der Waals surface area contributed by atoms with Crippen LogP contribution in [0.1, 0.15) is 52.9 Å². The lowest BCUT2D eigenvalue weighted by atomic mass is 9.85. The molecule has 1 aromatic rings. The summed E-state index contributed by atoms with van der Waals surface area (Å²) in [7, 11) is -3.05. The minimum absolute atomic E-state index is 0.0885. The molecule has 1 saturated heterocycles. The second-order valence-electron chi connectivity index (χ2n) is 13.6. The number of carbonyl (C=O) groups excluding carboxylic acids is 4. The zero-order chi connectivity index (χ0) is 32.9. The van der Waals surface area contributed by atoms with Gasteiger partial charge in [-0.15, -0.1) is 6.58 Å². The molecule has 8 atom stereocenters. The highest BCUT2D eigenvalue weighted by atomic mass is 79.9. The molecule has 246 valence electrons. The van der Waals surface area contributed by atoms with Crippen molar-refractivity contribution in [3.63, 3.8) is 0 Å². The van der Waals surface area contributed by atoms with Gasteiger partial charge in [0.25, 0.3) is 10.1 Å². The van der Waals surface area contributed by atoms with Gasteiger partial charge in [0.2, 0.25) is 11.8 Å². The van der Waals surface area contributed by atoms with E-state index in [0.717, 1.165) is 19.3 Å². The maximum Gasteiger partial charge on any atom is 0.408 e. The van der Waals surface area contributed by atoms with Gasteiger partial charge in [-0.3, -0.25) is 13.8 Å². The van der Waals surface area contributed by atoms with Crippen LogP contribution in [-0.4, -0.2) is 80.7 Å². The second kappa shape index (κ2) is 12.3. The average molecular weight is 711 g/mol. The van der Waals surface area contributed by atoms with Crippen molar-refractivity contribution < 1.29 is 41.3 Å². The Hall–Kier alpha value is -2.97. The number of likely N-dealkylation sites (tertiary alicyclic amines) is 1. The van der Waals surface area contributed by atoms with Gasteiger partial charge >= 0.3 is 12.1 Å². The Kier molecular flexibility index (Phi) is 9.15. The molecule has 0 bridgehead atoms. The normalized spacial score (nSPS) is 30.9. The number of ether oxygens (including phenoxy) is 2. The van der Waals surface area contributed by atoms with E-state index in [1.54, 1.807) is 39.0 Å². The van der Waals surface area contributed by atoms with Crippen molar-refractivity contribution in [2.75, 3.05) is 13.7 Å². The van der Waals surface area contributed by atoms with Crippen molar-refractivity contribution in [1.29, 1.82) is 0 Å². The number of nitrogens with zero attached hydrogens (tertiary/aromatic N) is 1. The van der Waals surface area contributed by atoms with E-state index in [0.29, 0.717) is 16.3 Å². The molecular formula is C31H40BrN3O9S. The fourth-order valence-corrected chi connectivity index (χ4v) is 7.90. The molecule has 45 heavy (non-hydrogen) atoms. The first-order valence-electron chi connectivity index (χ1n) is 15.1. The van der Waals surface area contributed by atoms with Crippen molar-refractivity contribution in [3.05, 3.63) is 41.4 Å². The van der Waals surface area contributed by atoms with Crippen LogP contribution in [0.2, 0.25) is 0 Å². The number of alkyl carbamates (subject to hydrolysis) is 1. The molecule has 1 aliphatic heterocycles. The van der Waals surface area contributed by atoms with E-state index in [1.807, 2.05) is 0 Å². The second-order valence-corrected chi connectivity index (χ2v) is 16.1. The summed E-state index contributed by atoms with van der Waals surface area (Å²) < 4.78 is 43.1. The van der Waals surface area contributed by atoms with E-state index in [4.69, 9.17) is 13.7 Å². The van der Waals surface area contributed by atoms with E-state index >= 15 is 0 Å².